The van der Waals surface area contributed by atoms with Gasteiger partial charge in [-0.3, -0.25) is 4.79 Å². The zero-order chi connectivity index (χ0) is 20.9. The molecule has 6 heteroatoms. The summed E-state index contributed by atoms with van der Waals surface area (Å²) in [5.74, 6) is 1.03. The molecule has 0 saturated heterocycles. The minimum Gasteiger partial charge on any atom is -0.494 e. The summed E-state index contributed by atoms with van der Waals surface area (Å²) in [5.41, 5.74) is 1.84. The Morgan fingerprint density at radius 1 is 1.03 bits per heavy atom. The summed E-state index contributed by atoms with van der Waals surface area (Å²) in [4.78, 5) is 25.7. The van der Waals surface area contributed by atoms with Gasteiger partial charge in [-0.05, 0) is 48.7 Å². The highest BCUT2D eigenvalue weighted by Gasteiger charge is 2.25. The van der Waals surface area contributed by atoms with E-state index < -0.39 is 11.6 Å². The van der Waals surface area contributed by atoms with Crippen LogP contribution in [0.4, 0.5) is 0 Å². The molecule has 4 rings (SSSR count). The van der Waals surface area contributed by atoms with Gasteiger partial charge in [-0.2, -0.15) is 0 Å². The predicted octanol–water partition coefficient (Wildman–Crippen LogP) is 4.17. The fourth-order valence-electron chi connectivity index (χ4n) is 3.86. The number of fused-ring (bicyclic) bond motifs is 3. The van der Waals surface area contributed by atoms with Gasteiger partial charge in [-0.25, -0.2) is 9.36 Å². The van der Waals surface area contributed by atoms with E-state index in [-0.39, 0.29) is 0 Å². The van der Waals surface area contributed by atoms with Gasteiger partial charge in [0.25, 0.3) is 5.91 Å². The minimum absolute atomic E-state index is 0.410. The second kappa shape index (κ2) is 9.11. The maximum absolute atomic E-state index is 13.0. The molecule has 1 aliphatic rings. The number of benzene rings is 2. The summed E-state index contributed by atoms with van der Waals surface area (Å²) in [6.45, 7) is 2.92. The van der Waals surface area contributed by atoms with E-state index in [9.17, 15) is 9.59 Å². The number of aryl methyl sites for hydroxylation is 2. The Hall–Kier alpha value is -3.15. The van der Waals surface area contributed by atoms with E-state index in [1.807, 2.05) is 24.3 Å². The quantitative estimate of drug-likeness (QED) is 0.528. The van der Waals surface area contributed by atoms with Crippen molar-refractivity contribution in [3.63, 3.8) is 0 Å². The van der Waals surface area contributed by atoms with Gasteiger partial charge >= 0.3 is 5.69 Å². The number of carbonyl (C=O) groups excluding carboxylic acids is 1. The van der Waals surface area contributed by atoms with E-state index in [1.54, 1.807) is 28.8 Å². The monoisotopic (exact) mass is 405 g/mol. The van der Waals surface area contributed by atoms with Crippen molar-refractivity contribution >= 4 is 5.91 Å². The number of hydrogen-bond donors (Lipinski definition) is 0. The van der Waals surface area contributed by atoms with Gasteiger partial charge in [0.1, 0.15) is 11.6 Å². The lowest BCUT2D eigenvalue weighted by Crippen LogP contribution is -2.30. The van der Waals surface area contributed by atoms with Gasteiger partial charge in [-0.15, -0.1) is 9.78 Å². The molecule has 1 aliphatic heterocycles. The summed E-state index contributed by atoms with van der Waals surface area (Å²) in [6.07, 6.45) is 7.37. The Balaban J connectivity index is 1.52. The van der Waals surface area contributed by atoms with Gasteiger partial charge in [0, 0.05) is 12.0 Å². The SMILES string of the molecule is CCCCCCCOc1ccc2c(c1)CCc1nn(C(=O)c3ccccc3)c(=O)n1-2. The maximum Gasteiger partial charge on any atom is 0.358 e. The van der Waals surface area contributed by atoms with E-state index in [4.69, 9.17) is 4.74 Å². The summed E-state index contributed by atoms with van der Waals surface area (Å²) < 4.78 is 8.43. The number of carbonyl (C=O) groups is 1. The van der Waals surface area contributed by atoms with Crippen LogP contribution < -0.4 is 10.4 Å². The van der Waals surface area contributed by atoms with E-state index in [1.165, 1.54) is 25.7 Å². The standard InChI is InChI=1S/C24H27N3O3/c1-2-3-4-5-9-16-30-20-13-14-21-19(17-20)12-15-22-25-27(24(29)26(21)22)23(28)18-10-7-6-8-11-18/h6-8,10-11,13-14,17H,2-5,9,12,15-16H2,1H3. The van der Waals surface area contributed by atoms with Gasteiger partial charge in [0.15, 0.2) is 0 Å². The van der Waals surface area contributed by atoms with Crippen LogP contribution in [0.15, 0.2) is 53.3 Å². The Morgan fingerprint density at radius 3 is 2.63 bits per heavy atom. The summed E-state index contributed by atoms with van der Waals surface area (Å²) in [6, 6.07) is 14.5. The van der Waals surface area contributed by atoms with Crippen LogP contribution in [0.3, 0.4) is 0 Å². The number of nitrogens with zero attached hydrogens (tertiary/aromatic N) is 3. The van der Waals surface area contributed by atoms with Crippen LogP contribution in [-0.2, 0) is 12.8 Å². The van der Waals surface area contributed by atoms with E-state index in [0.29, 0.717) is 24.4 Å². The normalized spacial score (nSPS) is 12.3. The van der Waals surface area contributed by atoms with E-state index >= 15 is 0 Å². The zero-order valence-electron chi connectivity index (χ0n) is 17.3. The Morgan fingerprint density at radius 2 is 1.83 bits per heavy atom. The van der Waals surface area contributed by atoms with Crippen molar-refractivity contribution in [3.8, 4) is 11.4 Å². The minimum atomic E-state index is -0.426. The van der Waals surface area contributed by atoms with Crippen LogP contribution in [0.1, 0.15) is 60.8 Å². The van der Waals surface area contributed by atoms with E-state index in [0.717, 1.165) is 34.5 Å². The Bertz CT molecular complexity index is 1080. The zero-order valence-corrected chi connectivity index (χ0v) is 17.3. The van der Waals surface area contributed by atoms with Gasteiger partial charge in [0.05, 0.1) is 12.3 Å². The first kappa shape index (κ1) is 20.1. The summed E-state index contributed by atoms with van der Waals surface area (Å²) >= 11 is 0. The largest absolute Gasteiger partial charge is 0.494 e. The maximum atomic E-state index is 13.0. The summed E-state index contributed by atoms with van der Waals surface area (Å²) in [7, 11) is 0. The molecule has 0 aliphatic carbocycles. The molecule has 3 aromatic rings. The molecule has 1 aromatic heterocycles. The molecule has 2 aromatic carbocycles. The van der Waals surface area contributed by atoms with Crippen LogP contribution in [0.5, 0.6) is 5.75 Å². The van der Waals surface area contributed by atoms with Crippen molar-refractivity contribution in [1.82, 2.24) is 14.3 Å². The molecule has 0 atom stereocenters. The number of ether oxygens (including phenoxy) is 1. The highest BCUT2D eigenvalue weighted by molar-refractivity contribution is 5.95. The molecule has 0 amide bonds. The van der Waals surface area contributed by atoms with Crippen LogP contribution >= 0.6 is 0 Å². The highest BCUT2D eigenvalue weighted by Crippen LogP contribution is 2.26. The third kappa shape index (κ3) is 4.08. The lowest BCUT2D eigenvalue weighted by Gasteiger charge is -2.18. The number of unbranched alkanes of at least 4 members (excludes halogenated alkanes) is 4. The van der Waals surface area contributed by atoms with Crippen molar-refractivity contribution in [2.24, 2.45) is 0 Å². The third-order valence-corrected chi connectivity index (χ3v) is 5.49. The highest BCUT2D eigenvalue weighted by atomic mass is 16.5. The van der Waals surface area contributed by atoms with Crippen molar-refractivity contribution in [3.05, 3.63) is 76.0 Å². The van der Waals surface area contributed by atoms with E-state index in [2.05, 4.69) is 12.0 Å². The molecular formula is C24H27N3O3. The third-order valence-electron chi connectivity index (χ3n) is 5.49. The van der Waals surface area contributed by atoms with Crippen LogP contribution in [0, 0.1) is 0 Å². The second-order valence-electron chi connectivity index (χ2n) is 7.67. The molecule has 6 nitrogen and oxygen atoms in total. The Kier molecular flexibility index (Phi) is 6.12. The number of aromatic nitrogens is 3. The first-order chi connectivity index (χ1) is 14.7. The smallest absolute Gasteiger partial charge is 0.358 e. The average molecular weight is 405 g/mol. The molecule has 0 bridgehead atoms. The van der Waals surface area contributed by atoms with Crippen molar-refractivity contribution in [1.29, 1.82) is 0 Å². The predicted molar refractivity (Wildman–Crippen MR) is 116 cm³/mol. The molecule has 0 fully saturated rings. The topological polar surface area (TPSA) is 66.1 Å². The van der Waals surface area contributed by atoms with Gasteiger partial charge in [-0.1, -0.05) is 50.8 Å². The number of rotatable bonds is 8. The van der Waals surface area contributed by atoms with Crippen LogP contribution in [0.25, 0.3) is 5.69 Å². The molecule has 2 heterocycles. The van der Waals surface area contributed by atoms with Crippen LogP contribution in [0.2, 0.25) is 0 Å². The number of hydrogen-bond acceptors (Lipinski definition) is 4. The summed E-state index contributed by atoms with van der Waals surface area (Å²) in [5, 5.41) is 4.32. The molecule has 0 N–H and O–H groups in total. The first-order valence-electron chi connectivity index (χ1n) is 10.8. The van der Waals surface area contributed by atoms with Gasteiger partial charge < -0.3 is 4.74 Å². The second-order valence-corrected chi connectivity index (χ2v) is 7.67. The molecule has 0 radical (unpaired) electrons. The van der Waals surface area contributed by atoms with Crippen LogP contribution in [-0.4, -0.2) is 26.9 Å². The molecule has 156 valence electrons. The molecule has 0 unspecified atom stereocenters. The molecule has 30 heavy (non-hydrogen) atoms. The molecule has 0 saturated carbocycles. The lowest BCUT2D eigenvalue weighted by molar-refractivity contribution is 0.0940. The molecule has 0 spiro atoms. The van der Waals surface area contributed by atoms with Crippen molar-refractivity contribution < 1.29 is 9.53 Å². The van der Waals surface area contributed by atoms with Gasteiger partial charge in [0.2, 0.25) is 0 Å². The lowest BCUT2D eigenvalue weighted by atomic mass is 10.0. The van der Waals surface area contributed by atoms with Crippen molar-refractivity contribution in [2.45, 2.75) is 51.9 Å². The fraction of sp³-hybridized carbons (Fsp3) is 0.375. The molecular weight excluding hydrogens is 378 g/mol. The average Bonchev–Trinajstić information content (AvgIpc) is 3.13. The van der Waals surface area contributed by atoms with Crippen molar-refractivity contribution in [2.75, 3.05) is 6.61 Å². The fourth-order valence-corrected chi connectivity index (χ4v) is 3.86. The first-order valence-corrected chi connectivity index (χ1v) is 10.8. The Labute approximate surface area is 176 Å².